The van der Waals surface area contributed by atoms with E-state index in [1.165, 1.54) is 0 Å². The van der Waals surface area contributed by atoms with Gasteiger partial charge in [-0.25, -0.2) is 4.98 Å². The molecule has 5 heteroatoms. The van der Waals surface area contributed by atoms with Crippen LogP contribution in [0.2, 0.25) is 0 Å². The van der Waals surface area contributed by atoms with Gasteiger partial charge in [-0.15, -0.1) is 10.2 Å². The maximum absolute atomic E-state index is 9.06. The first-order valence-corrected chi connectivity index (χ1v) is 5.15. The van der Waals surface area contributed by atoms with Crippen LogP contribution in [0.15, 0.2) is 24.3 Å². The molecule has 84 valence electrons. The van der Waals surface area contributed by atoms with E-state index in [9.17, 15) is 0 Å². The Kier molecular flexibility index (Phi) is 2.96. The summed E-state index contributed by atoms with van der Waals surface area (Å²) in [6, 6.07) is 7.55. The highest BCUT2D eigenvalue weighted by molar-refractivity contribution is 5.74. The third-order valence-corrected chi connectivity index (χ3v) is 2.59. The Balaban J connectivity index is 2.39. The van der Waals surface area contributed by atoms with Crippen molar-refractivity contribution in [1.29, 1.82) is 0 Å². The SMILES string of the molecule is CC(CO)N(C)c1nnc2ccccc2n1. The summed E-state index contributed by atoms with van der Waals surface area (Å²) in [5, 5.41) is 17.2. The highest BCUT2D eigenvalue weighted by Gasteiger charge is 2.12. The predicted molar refractivity (Wildman–Crippen MR) is 62.3 cm³/mol. The normalized spacial score (nSPS) is 12.7. The molecule has 0 aliphatic carbocycles. The number of nitrogens with zero attached hydrogens (tertiary/aromatic N) is 4. The molecule has 0 radical (unpaired) electrons. The molecule has 1 aromatic heterocycles. The Bertz CT molecular complexity index is 488. The average molecular weight is 218 g/mol. The summed E-state index contributed by atoms with van der Waals surface area (Å²) >= 11 is 0. The molecule has 1 unspecified atom stereocenters. The summed E-state index contributed by atoms with van der Waals surface area (Å²) in [5.74, 6) is 0.528. The first-order chi connectivity index (χ1) is 7.72. The summed E-state index contributed by atoms with van der Waals surface area (Å²) < 4.78 is 0. The number of fused-ring (bicyclic) bond motifs is 1. The number of aromatic nitrogens is 3. The maximum atomic E-state index is 9.06. The van der Waals surface area contributed by atoms with E-state index in [0.717, 1.165) is 11.0 Å². The topological polar surface area (TPSA) is 62.1 Å². The predicted octanol–water partition coefficient (Wildman–Crippen LogP) is 0.842. The third-order valence-electron chi connectivity index (χ3n) is 2.59. The molecule has 0 saturated heterocycles. The van der Waals surface area contributed by atoms with E-state index in [-0.39, 0.29) is 12.6 Å². The largest absolute Gasteiger partial charge is 0.394 e. The lowest BCUT2D eigenvalue weighted by molar-refractivity contribution is 0.269. The zero-order valence-electron chi connectivity index (χ0n) is 9.33. The van der Waals surface area contributed by atoms with E-state index in [0.29, 0.717) is 5.95 Å². The van der Waals surface area contributed by atoms with Crippen molar-refractivity contribution in [3.8, 4) is 0 Å². The van der Waals surface area contributed by atoms with E-state index in [4.69, 9.17) is 5.11 Å². The lowest BCUT2D eigenvalue weighted by atomic mass is 10.3. The van der Waals surface area contributed by atoms with Crippen LogP contribution in [0.1, 0.15) is 6.92 Å². The molecule has 2 rings (SSSR count). The lowest BCUT2D eigenvalue weighted by Crippen LogP contribution is -2.33. The van der Waals surface area contributed by atoms with E-state index in [1.807, 2.05) is 38.2 Å². The van der Waals surface area contributed by atoms with Crippen molar-refractivity contribution in [1.82, 2.24) is 15.2 Å². The fourth-order valence-electron chi connectivity index (χ4n) is 1.34. The zero-order valence-corrected chi connectivity index (χ0v) is 9.33. The van der Waals surface area contributed by atoms with Gasteiger partial charge in [-0.2, -0.15) is 0 Å². The van der Waals surface area contributed by atoms with Gasteiger partial charge in [0, 0.05) is 7.05 Å². The number of rotatable bonds is 3. The van der Waals surface area contributed by atoms with Gasteiger partial charge in [0.1, 0.15) is 5.52 Å². The number of anilines is 1. The van der Waals surface area contributed by atoms with Crippen LogP contribution in [-0.2, 0) is 0 Å². The van der Waals surface area contributed by atoms with E-state index in [1.54, 1.807) is 4.90 Å². The van der Waals surface area contributed by atoms with Gasteiger partial charge < -0.3 is 10.0 Å². The fraction of sp³-hybridized carbons (Fsp3) is 0.364. The summed E-state index contributed by atoms with van der Waals surface area (Å²) in [5.41, 5.74) is 1.58. The highest BCUT2D eigenvalue weighted by Crippen LogP contribution is 2.12. The van der Waals surface area contributed by atoms with Crippen LogP contribution in [0.4, 0.5) is 5.95 Å². The molecule has 16 heavy (non-hydrogen) atoms. The molecule has 0 aliphatic heterocycles. The summed E-state index contributed by atoms with van der Waals surface area (Å²) in [4.78, 5) is 6.19. The molecule has 5 nitrogen and oxygen atoms in total. The van der Waals surface area contributed by atoms with Gasteiger partial charge in [0.05, 0.1) is 18.2 Å². The van der Waals surface area contributed by atoms with Crippen LogP contribution < -0.4 is 4.90 Å². The van der Waals surface area contributed by atoms with E-state index >= 15 is 0 Å². The number of para-hydroxylation sites is 1. The first kappa shape index (κ1) is 10.8. The smallest absolute Gasteiger partial charge is 0.245 e. The molecule has 0 bridgehead atoms. The minimum Gasteiger partial charge on any atom is -0.394 e. The number of aliphatic hydroxyl groups excluding tert-OH is 1. The number of hydrogen-bond donors (Lipinski definition) is 1. The average Bonchev–Trinajstić information content (AvgIpc) is 2.36. The Morgan fingerprint density at radius 3 is 2.62 bits per heavy atom. The summed E-state index contributed by atoms with van der Waals surface area (Å²) in [7, 11) is 1.84. The Labute approximate surface area is 93.8 Å². The molecule has 0 spiro atoms. The van der Waals surface area contributed by atoms with Crippen LogP contribution in [0, 0.1) is 0 Å². The molecule has 2 aromatic rings. The monoisotopic (exact) mass is 218 g/mol. The number of likely N-dealkylation sites (N-methyl/N-ethyl adjacent to an activating group) is 1. The molecule has 1 aromatic carbocycles. The van der Waals surface area contributed by atoms with Crippen molar-refractivity contribution in [2.24, 2.45) is 0 Å². The van der Waals surface area contributed by atoms with Gasteiger partial charge in [0.2, 0.25) is 5.95 Å². The second-order valence-electron chi connectivity index (χ2n) is 3.74. The van der Waals surface area contributed by atoms with Crippen LogP contribution in [0.3, 0.4) is 0 Å². The maximum Gasteiger partial charge on any atom is 0.245 e. The van der Waals surface area contributed by atoms with Crippen LogP contribution in [0.25, 0.3) is 11.0 Å². The van der Waals surface area contributed by atoms with Gasteiger partial charge in [-0.3, -0.25) is 0 Å². The lowest BCUT2D eigenvalue weighted by Gasteiger charge is -2.22. The van der Waals surface area contributed by atoms with Gasteiger partial charge in [0.15, 0.2) is 0 Å². The molecule has 1 atom stereocenters. The van der Waals surface area contributed by atoms with Gasteiger partial charge >= 0.3 is 0 Å². The number of hydrogen-bond acceptors (Lipinski definition) is 5. The Hall–Kier alpha value is -1.75. The van der Waals surface area contributed by atoms with Crippen LogP contribution in [0.5, 0.6) is 0 Å². The molecule has 1 N–H and O–H groups in total. The van der Waals surface area contributed by atoms with Gasteiger partial charge in [0.25, 0.3) is 0 Å². The van der Waals surface area contributed by atoms with Crippen molar-refractivity contribution in [3.63, 3.8) is 0 Å². The van der Waals surface area contributed by atoms with E-state index < -0.39 is 0 Å². The molecule has 0 saturated carbocycles. The van der Waals surface area contributed by atoms with Crippen molar-refractivity contribution in [3.05, 3.63) is 24.3 Å². The quantitative estimate of drug-likeness (QED) is 0.827. The fourth-order valence-corrected chi connectivity index (χ4v) is 1.34. The van der Waals surface area contributed by atoms with Crippen LogP contribution >= 0.6 is 0 Å². The number of aliphatic hydroxyl groups is 1. The Morgan fingerprint density at radius 1 is 1.25 bits per heavy atom. The zero-order chi connectivity index (χ0) is 11.5. The molecular formula is C11H14N4O. The van der Waals surface area contributed by atoms with Crippen LogP contribution in [-0.4, -0.2) is 40.0 Å². The molecular weight excluding hydrogens is 204 g/mol. The minimum atomic E-state index is -0.0250. The minimum absolute atomic E-state index is 0.0250. The molecule has 1 heterocycles. The van der Waals surface area contributed by atoms with Crippen molar-refractivity contribution >= 4 is 17.0 Å². The third kappa shape index (κ3) is 1.94. The number of benzene rings is 1. The van der Waals surface area contributed by atoms with Crippen molar-refractivity contribution < 1.29 is 5.11 Å². The second kappa shape index (κ2) is 4.40. The van der Waals surface area contributed by atoms with Crippen molar-refractivity contribution in [2.45, 2.75) is 13.0 Å². The van der Waals surface area contributed by atoms with Crippen molar-refractivity contribution in [2.75, 3.05) is 18.6 Å². The van der Waals surface area contributed by atoms with E-state index in [2.05, 4.69) is 15.2 Å². The highest BCUT2D eigenvalue weighted by atomic mass is 16.3. The van der Waals surface area contributed by atoms with Gasteiger partial charge in [-0.1, -0.05) is 12.1 Å². The molecule has 0 fully saturated rings. The first-order valence-electron chi connectivity index (χ1n) is 5.15. The summed E-state index contributed by atoms with van der Waals surface area (Å²) in [6.45, 7) is 1.96. The summed E-state index contributed by atoms with van der Waals surface area (Å²) in [6.07, 6.45) is 0. The molecule has 0 aliphatic rings. The molecule has 0 amide bonds. The Morgan fingerprint density at radius 2 is 1.94 bits per heavy atom. The van der Waals surface area contributed by atoms with Gasteiger partial charge in [-0.05, 0) is 19.1 Å². The standard InChI is InChI=1S/C11H14N4O/c1-8(7-16)15(2)11-12-9-5-3-4-6-10(9)13-14-11/h3-6,8,16H,7H2,1-2H3. The second-order valence-corrected chi connectivity index (χ2v) is 3.74.